The van der Waals surface area contributed by atoms with Crippen molar-refractivity contribution in [3.05, 3.63) is 0 Å². The molecule has 0 bridgehead atoms. The lowest BCUT2D eigenvalue weighted by Gasteiger charge is -2.32. The Labute approximate surface area is 203 Å². The number of carboxylic acid groups (broad SMARTS) is 1. The summed E-state index contributed by atoms with van der Waals surface area (Å²) in [6.07, 6.45) is 2.08. The van der Waals surface area contributed by atoms with Crippen LogP contribution in [0.25, 0.3) is 0 Å². The van der Waals surface area contributed by atoms with Gasteiger partial charge in [-0.25, -0.2) is 0 Å². The minimum absolute atomic E-state index is 0.139. The maximum atomic E-state index is 10.9. The number of aliphatic hydroxyl groups is 6. The number of hydrogen-bond acceptors (Lipinski definition) is 9. The molecule has 0 aromatic rings. The van der Waals surface area contributed by atoms with Crippen LogP contribution in [0.4, 0.5) is 0 Å². The van der Waals surface area contributed by atoms with Crippen molar-refractivity contribution in [3.63, 3.8) is 0 Å². The molecule has 0 heterocycles. The van der Waals surface area contributed by atoms with Crippen LogP contribution in [0.5, 0.6) is 0 Å². The number of hydrogen-bond donors (Lipinski definition) is 7. The van der Waals surface area contributed by atoms with Crippen molar-refractivity contribution in [2.24, 2.45) is 0 Å². The predicted molar refractivity (Wildman–Crippen MR) is 126 cm³/mol. The van der Waals surface area contributed by atoms with Gasteiger partial charge in [-0.15, -0.1) is 0 Å². The summed E-state index contributed by atoms with van der Waals surface area (Å²) in [6.45, 7) is 0.743. The zero-order valence-corrected chi connectivity index (χ0v) is 20.6. The third kappa shape index (κ3) is 16.7. The molecule has 0 spiro atoms. The van der Waals surface area contributed by atoms with Gasteiger partial charge in [0.25, 0.3) is 0 Å². The first-order valence-electron chi connectivity index (χ1n) is 12.7. The summed E-state index contributed by atoms with van der Waals surface area (Å²) in [5.41, 5.74) is 0. The highest BCUT2D eigenvalue weighted by Crippen LogP contribution is 2.21. The number of unbranched alkanes of at least 4 members (excludes halogenated alkanes) is 7. The Hall–Kier alpha value is -0.850. The monoisotopic (exact) mass is 496 g/mol. The van der Waals surface area contributed by atoms with Crippen LogP contribution in [0.2, 0.25) is 0 Å². The molecule has 0 rings (SSSR count). The van der Waals surface area contributed by atoms with E-state index in [4.69, 9.17) is 24.8 Å². The lowest BCUT2D eigenvalue weighted by molar-refractivity contribution is -0.156. The summed E-state index contributed by atoms with van der Waals surface area (Å²) in [6, 6.07) is 0. The number of carboxylic acids is 1. The van der Waals surface area contributed by atoms with Gasteiger partial charge in [0.1, 0.15) is 24.4 Å². The normalized spacial score (nSPS) is 17.1. The molecule has 0 saturated heterocycles. The summed E-state index contributed by atoms with van der Waals surface area (Å²) in [5, 5.41) is 67.8. The smallest absolute Gasteiger partial charge is 0.303 e. The SMILES string of the molecule is CCCCCCC(OCC(O)CO)C(O)C(O)C(CCCCCCCC(=O)O)OCC(O)CO. The third-order valence-corrected chi connectivity index (χ3v) is 5.76. The van der Waals surface area contributed by atoms with Crippen LogP contribution in [0.15, 0.2) is 0 Å². The lowest BCUT2D eigenvalue weighted by Crippen LogP contribution is -2.47. The van der Waals surface area contributed by atoms with Crippen molar-refractivity contribution in [3.8, 4) is 0 Å². The topological polar surface area (TPSA) is 177 Å². The first-order chi connectivity index (χ1) is 16.3. The third-order valence-electron chi connectivity index (χ3n) is 5.76. The Morgan fingerprint density at radius 3 is 1.50 bits per heavy atom. The van der Waals surface area contributed by atoms with Gasteiger partial charge >= 0.3 is 5.97 Å². The molecule has 34 heavy (non-hydrogen) atoms. The van der Waals surface area contributed by atoms with Crippen LogP contribution >= 0.6 is 0 Å². The van der Waals surface area contributed by atoms with Crippen LogP contribution < -0.4 is 0 Å². The van der Waals surface area contributed by atoms with E-state index < -0.39 is 55.8 Å². The number of carbonyl (C=O) groups is 1. The number of aliphatic carboxylic acids is 1. The van der Waals surface area contributed by atoms with E-state index >= 15 is 0 Å². The molecule has 6 unspecified atom stereocenters. The summed E-state index contributed by atoms with van der Waals surface area (Å²) in [7, 11) is 0. The van der Waals surface area contributed by atoms with Crippen LogP contribution in [0.3, 0.4) is 0 Å². The average Bonchev–Trinajstić information content (AvgIpc) is 2.83. The average molecular weight is 497 g/mol. The molecule has 0 amide bonds. The summed E-state index contributed by atoms with van der Waals surface area (Å²) < 4.78 is 11.3. The van der Waals surface area contributed by atoms with Crippen molar-refractivity contribution in [2.75, 3.05) is 26.4 Å². The van der Waals surface area contributed by atoms with Gasteiger partial charge in [-0.3, -0.25) is 4.79 Å². The summed E-state index contributed by atoms with van der Waals surface area (Å²) >= 11 is 0. The van der Waals surface area contributed by atoms with Gasteiger partial charge in [0.15, 0.2) is 0 Å². The quantitative estimate of drug-likeness (QED) is 0.0953. The van der Waals surface area contributed by atoms with E-state index in [9.17, 15) is 25.2 Å². The fourth-order valence-electron chi connectivity index (χ4n) is 3.64. The van der Waals surface area contributed by atoms with E-state index in [0.29, 0.717) is 25.7 Å². The molecule has 0 radical (unpaired) electrons. The van der Waals surface area contributed by atoms with Gasteiger partial charge in [-0.1, -0.05) is 58.3 Å². The molecule has 10 nitrogen and oxygen atoms in total. The minimum Gasteiger partial charge on any atom is -0.481 e. The van der Waals surface area contributed by atoms with Crippen LogP contribution in [-0.2, 0) is 14.3 Å². The number of rotatable bonds is 24. The molecular weight excluding hydrogens is 448 g/mol. The van der Waals surface area contributed by atoms with E-state index in [0.717, 1.165) is 44.9 Å². The summed E-state index contributed by atoms with van der Waals surface area (Å²) in [5.74, 6) is -0.814. The van der Waals surface area contributed by atoms with Gasteiger partial charge < -0.3 is 45.2 Å². The molecule has 0 aliphatic rings. The molecule has 204 valence electrons. The van der Waals surface area contributed by atoms with Crippen molar-refractivity contribution in [1.82, 2.24) is 0 Å². The Bertz CT molecular complexity index is 479. The van der Waals surface area contributed by atoms with Crippen molar-refractivity contribution >= 4 is 5.97 Å². The van der Waals surface area contributed by atoms with Gasteiger partial charge in [0, 0.05) is 6.42 Å². The molecule has 0 fully saturated rings. The fraction of sp³-hybridized carbons (Fsp3) is 0.958. The highest BCUT2D eigenvalue weighted by atomic mass is 16.5. The Morgan fingerprint density at radius 1 is 0.676 bits per heavy atom. The van der Waals surface area contributed by atoms with Gasteiger partial charge in [0.05, 0.1) is 38.6 Å². The Kier molecular flexibility index (Phi) is 20.9. The van der Waals surface area contributed by atoms with E-state index in [1.165, 1.54) is 0 Å². The zero-order valence-electron chi connectivity index (χ0n) is 20.6. The van der Waals surface area contributed by atoms with Crippen LogP contribution in [-0.4, -0.2) is 105 Å². The van der Waals surface area contributed by atoms with Gasteiger partial charge in [-0.2, -0.15) is 0 Å². The molecule has 10 heteroatoms. The maximum absolute atomic E-state index is 10.9. The molecule has 6 atom stereocenters. The van der Waals surface area contributed by atoms with Crippen LogP contribution in [0.1, 0.15) is 84.0 Å². The van der Waals surface area contributed by atoms with E-state index in [1.807, 2.05) is 0 Å². The minimum atomic E-state index is -1.32. The molecule has 0 aliphatic carbocycles. The lowest BCUT2D eigenvalue weighted by atomic mass is 9.95. The van der Waals surface area contributed by atoms with E-state index in [-0.39, 0.29) is 19.6 Å². The molecule has 7 N–H and O–H groups in total. The molecular formula is C24H48O10. The number of ether oxygens (including phenoxy) is 2. The van der Waals surface area contributed by atoms with Crippen LogP contribution in [0, 0.1) is 0 Å². The largest absolute Gasteiger partial charge is 0.481 e. The standard InChI is InChI=1S/C24H48O10/c1-2-3-4-8-11-20(33-16-18(27)14-25)23(31)24(32)21(34-17-19(28)15-26)12-9-6-5-7-10-13-22(29)30/h18-21,23-28,31-32H,2-17H2,1H3,(H,29,30). The molecule has 0 aliphatic heterocycles. The van der Waals surface area contributed by atoms with Crippen molar-refractivity contribution < 1.29 is 50.0 Å². The second kappa shape index (κ2) is 21.4. The number of aliphatic hydroxyl groups excluding tert-OH is 6. The predicted octanol–water partition coefficient (Wildman–Crippen LogP) is 0.971. The Balaban J connectivity index is 4.95. The second-order valence-electron chi connectivity index (χ2n) is 8.95. The fourth-order valence-corrected chi connectivity index (χ4v) is 3.64. The second-order valence-corrected chi connectivity index (χ2v) is 8.95. The molecule has 0 saturated carbocycles. The Morgan fingerprint density at radius 2 is 1.09 bits per heavy atom. The van der Waals surface area contributed by atoms with Gasteiger partial charge in [-0.05, 0) is 19.3 Å². The molecule has 0 aromatic heterocycles. The van der Waals surface area contributed by atoms with Gasteiger partial charge in [0.2, 0.25) is 0 Å². The van der Waals surface area contributed by atoms with Crippen molar-refractivity contribution in [1.29, 1.82) is 0 Å². The van der Waals surface area contributed by atoms with Crippen molar-refractivity contribution in [2.45, 2.75) is 121 Å². The maximum Gasteiger partial charge on any atom is 0.303 e. The zero-order chi connectivity index (χ0) is 25.8. The van der Waals surface area contributed by atoms with E-state index in [2.05, 4.69) is 6.92 Å². The van der Waals surface area contributed by atoms with E-state index in [1.54, 1.807) is 0 Å². The molecule has 0 aromatic carbocycles. The summed E-state index contributed by atoms with van der Waals surface area (Å²) in [4.78, 5) is 10.6. The highest BCUT2D eigenvalue weighted by molar-refractivity contribution is 5.66. The first kappa shape index (κ1) is 33.1. The highest BCUT2D eigenvalue weighted by Gasteiger charge is 2.33. The first-order valence-corrected chi connectivity index (χ1v) is 12.7.